The van der Waals surface area contributed by atoms with E-state index in [1.165, 1.54) is 18.2 Å². The lowest BCUT2D eigenvalue weighted by Gasteiger charge is -2.13. The molecule has 0 unspecified atom stereocenters. The van der Waals surface area contributed by atoms with Gasteiger partial charge in [0.15, 0.2) is 0 Å². The molecular weight excluding hydrogens is 272 g/mol. The number of hydrogen-bond acceptors (Lipinski definition) is 4. The number of carbonyl (C=O) groups is 1. The number of aryl methyl sites for hydroxylation is 1. The summed E-state index contributed by atoms with van der Waals surface area (Å²) in [5.74, 6) is -1.22. The van der Waals surface area contributed by atoms with Crippen LogP contribution in [0, 0.1) is 24.0 Å². The highest BCUT2D eigenvalue weighted by Gasteiger charge is 2.21. The van der Waals surface area contributed by atoms with Crippen molar-refractivity contribution >= 4 is 23.0 Å². The van der Waals surface area contributed by atoms with Crippen molar-refractivity contribution in [2.24, 2.45) is 0 Å². The van der Waals surface area contributed by atoms with Gasteiger partial charge < -0.3 is 10.4 Å². The molecule has 0 bridgehead atoms. The lowest BCUT2D eigenvalue weighted by molar-refractivity contribution is -0.383. The lowest BCUT2D eigenvalue weighted by Crippen LogP contribution is -2.06. The molecule has 2 aromatic rings. The maximum atomic E-state index is 11.3. The molecule has 0 radical (unpaired) electrons. The van der Waals surface area contributed by atoms with Crippen molar-refractivity contribution < 1.29 is 14.8 Å². The van der Waals surface area contributed by atoms with Crippen molar-refractivity contribution in [3.05, 3.63) is 63.2 Å². The summed E-state index contributed by atoms with van der Waals surface area (Å²) in [7, 11) is 0. The van der Waals surface area contributed by atoms with Gasteiger partial charge in [-0.1, -0.05) is 18.2 Å². The highest BCUT2D eigenvalue weighted by atomic mass is 16.6. The van der Waals surface area contributed by atoms with Crippen LogP contribution in [0.2, 0.25) is 0 Å². The summed E-state index contributed by atoms with van der Waals surface area (Å²) in [6, 6.07) is 9.45. The van der Waals surface area contributed by atoms with Crippen molar-refractivity contribution in [2.75, 3.05) is 5.32 Å². The van der Waals surface area contributed by atoms with Gasteiger partial charge in [-0.15, -0.1) is 0 Å². The van der Waals surface area contributed by atoms with Crippen LogP contribution in [0.5, 0.6) is 0 Å². The van der Waals surface area contributed by atoms with Gasteiger partial charge in [0, 0.05) is 11.8 Å². The fraction of sp³-hybridized carbons (Fsp3) is 0.133. The first-order chi connectivity index (χ1) is 9.91. The molecular formula is C15H14N2O4. The Hall–Kier alpha value is -2.89. The van der Waals surface area contributed by atoms with Crippen LogP contribution in [-0.2, 0) is 0 Å². The molecule has 0 aliphatic heterocycles. The minimum atomic E-state index is -1.22. The number of benzene rings is 2. The zero-order valence-corrected chi connectivity index (χ0v) is 11.6. The number of hydrogen-bond donors (Lipinski definition) is 2. The van der Waals surface area contributed by atoms with Gasteiger partial charge in [-0.05, 0) is 37.1 Å². The monoisotopic (exact) mass is 286 g/mol. The van der Waals surface area contributed by atoms with Gasteiger partial charge in [0.05, 0.1) is 10.5 Å². The molecule has 0 aliphatic rings. The second-order valence-electron chi connectivity index (χ2n) is 4.63. The van der Waals surface area contributed by atoms with E-state index >= 15 is 0 Å². The number of carboxylic acid groups (broad SMARTS) is 1. The summed E-state index contributed by atoms with van der Waals surface area (Å²) in [6.45, 7) is 3.78. The van der Waals surface area contributed by atoms with Crippen LogP contribution in [0.1, 0.15) is 21.5 Å². The number of rotatable bonds is 4. The maximum Gasteiger partial charge on any atom is 0.338 e. The second kappa shape index (κ2) is 5.62. The number of anilines is 2. The Morgan fingerprint density at radius 3 is 2.48 bits per heavy atom. The third-order valence-corrected chi connectivity index (χ3v) is 3.33. The van der Waals surface area contributed by atoms with Crippen LogP contribution in [0.25, 0.3) is 0 Å². The molecule has 0 heterocycles. The van der Waals surface area contributed by atoms with Gasteiger partial charge in [-0.2, -0.15) is 0 Å². The van der Waals surface area contributed by atoms with E-state index in [0.717, 1.165) is 11.1 Å². The summed E-state index contributed by atoms with van der Waals surface area (Å²) in [4.78, 5) is 21.8. The van der Waals surface area contributed by atoms with Crippen molar-refractivity contribution in [3.63, 3.8) is 0 Å². The zero-order valence-electron chi connectivity index (χ0n) is 11.6. The molecule has 6 heteroatoms. The van der Waals surface area contributed by atoms with E-state index in [1.54, 1.807) is 12.1 Å². The van der Waals surface area contributed by atoms with Gasteiger partial charge in [-0.3, -0.25) is 10.1 Å². The molecule has 0 saturated heterocycles. The Labute approximate surface area is 121 Å². The largest absolute Gasteiger partial charge is 0.478 e. The number of nitrogens with one attached hydrogen (secondary N) is 1. The minimum absolute atomic E-state index is 0.0105. The standard InChI is InChI=1S/C15H14N2O4/c1-9-5-3-7-12(10(9)2)16-14-11(15(18)19)6-4-8-13(14)17(20)21/h3-8,16H,1-2H3,(H,18,19). The van der Waals surface area contributed by atoms with Crippen LogP contribution < -0.4 is 5.32 Å². The first-order valence-electron chi connectivity index (χ1n) is 6.25. The fourth-order valence-corrected chi connectivity index (χ4v) is 2.02. The van der Waals surface area contributed by atoms with Gasteiger partial charge in [0.1, 0.15) is 5.69 Å². The second-order valence-corrected chi connectivity index (χ2v) is 4.63. The van der Waals surface area contributed by atoms with Crippen LogP contribution in [0.4, 0.5) is 17.1 Å². The van der Waals surface area contributed by atoms with Crippen LogP contribution in [0.3, 0.4) is 0 Å². The normalized spacial score (nSPS) is 10.2. The van der Waals surface area contributed by atoms with Gasteiger partial charge >= 0.3 is 5.97 Å². The quantitative estimate of drug-likeness (QED) is 0.661. The molecule has 0 amide bonds. The number of nitro benzene ring substituents is 1. The van der Waals surface area contributed by atoms with Crippen molar-refractivity contribution in [1.29, 1.82) is 0 Å². The SMILES string of the molecule is Cc1cccc(Nc2c(C(=O)O)cccc2[N+](=O)[O-])c1C. The van der Waals surface area contributed by atoms with E-state index in [2.05, 4.69) is 5.32 Å². The van der Waals surface area contributed by atoms with Crippen molar-refractivity contribution in [3.8, 4) is 0 Å². The molecule has 0 atom stereocenters. The molecule has 0 aromatic heterocycles. The van der Waals surface area contributed by atoms with E-state index in [-0.39, 0.29) is 16.9 Å². The van der Waals surface area contributed by atoms with E-state index in [9.17, 15) is 20.0 Å². The van der Waals surface area contributed by atoms with E-state index in [1.807, 2.05) is 19.9 Å². The first kappa shape index (κ1) is 14.5. The third kappa shape index (κ3) is 2.84. The molecule has 2 N–H and O–H groups in total. The smallest absolute Gasteiger partial charge is 0.338 e. The average molecular weight is 286 g/mol. The molecule has 0 spiro atoms. The average Bonchev–Trinajstić information content (AvgIpc) is 2.43. The number of para-hydroxylation sites is 1. The predicted octanol–water partition coefficient (Wildman–Crippen LogP) is 3.65. The Kier molecular flexibility index (Phi) is 3.89. The number of aromatic carboxylic acids is 1. The fourth-order valence-electron chi connectivity index (χ4n) is 2.02. The third-order valence-electron chi connectivity index (χ3n) is 3.33. The molecule has 0 fully saturated rings. The van der Waals surface area contributed by atoms with Gasteiger partial charge in [-0.25, -0.2) is 4.79 Å². The Morgan fingerprint density at radius 2 is 1.86 bits per heavy atom. The summed E-state index contributed by atoms with van der Waals surface area (Å²) in [6.07, 6.45) is 0. The number of nitrogens with zero attached hydrogens (tertiary/aromatic N) is 1. The molecule has 21 heavy (non-hydrogen) atoms. The lowest BCUT2D eigenvalue weighted by atomic mass is 10.1. The molecule has 0 aliphatic carbocycles. The molecule has 2 aromatic carbocycles. The molecule has 0 saturated carbocycles. The van der Waals surface area contributed by atoms with E-state index in [0.29, 0.717) is 5.69 Å². The highest BCUT2D eigenvalue weighted by molar-refractivity contribution is 5.98. The van der Waals surface area contributed by atoms with Crippen LogP contribution in [-0.4, -0.2) is 16.0 Å². The summed E-state index contributed by atoms with van der Waals surface area (Å²) in [5, 5.41) is 23.2. The summed E-state index contributed by atoms with van der Waals surface area (Å²) < 4.78 is 0. The van der Waals surface area contributed by atoms with E-state index in [4.69, 9.17) is 0 Å². The minimum Gasteiger partial charge on any atom is -0.478 e. The number of carboxylic acids is 1. The zero-order chi connectivity index (χ0) is 15.6. The number of nitro groups is 1. The topological polar surface area (TPSA) is 92.5 Å². The predicted molar refractivity (Wildman–Crippen MR) is 79.3 cm³/mol. The van der Waals surface area contributed by atoms with Gasteiger partial charge in [0.2, 0.25) is 0 Å². The summed E-state index contributed by atoms with van der Waals surface area (Å²) in [5.41, 5.74) is 2.15. The van der Waals surface area contributed by atoms with Crippen molar-refractivity contribution in [2.45, 2.75) is 13.8 Å². The Bertz CT molecular complexity index is 693. The van der Waals surface area contributed by atoms with Crippen molar-refractivity contribution in [1.82, 2.24) is 0 Å². The maximum absolute atomic E-state index is 11.3. The molecule has 6 nitrogen and oxygen atoms in total. The van der Waals surface area contributed by atoms with Crippen LogP contribution in [0.15, 0.2) is 36.4 Å². The van der Waals surface area contributed by atoms with Gasteiger partial charge in [0.25, 0.3) is 5.69 Å². The first-order valence-corrected chi connectivity index (χ1v) is 6.25. The van der Waals surface area contributed by atoms with E-state index < -0.39 is 10.9 Å². The van der Waals surface area contributed by atoms with Crippen LogP contribution >= 0.6 is 0 Å². The summed E-state index contributed by atoms with van der Waals surface area (Å²) >= 11 is 0. The molecule has 2 rings (SSSR count). The molecule has 108 valence electrons. The Morgan fingerprint density at radius 1 is 1.19 bits per heavy atom. The highest BCUT2D eigenvalue weighted by Crippen LogP contribution is 2.32. The Balaban J connectivity index is 2.59.